The fraction of sp³-hybridized carbons (Fsp3) is 0.611. The van der Waals surface area contributed by atoms with Crippen LogP contribution in [0.2, 0.25) is 0 Å². The van der Waals surface area contributed by atoms with Crippen LogP contribution in [0.3, 0.4) is 0 Å². The SMILES string of the molecule is CCN(CC)S(=O)(=O)c1cccc(C(=O)N2CCCCC2C(C)N)c1. The Labute approximate surface area is 151 Å². The molecule has 2 atom stereocenters. The van der Waals surface area contributed by atoms with E-state index in [-0.39, 0.29) is 22.9 Å². The average molecular weight is 368 g/mol. The number of carbonyl (C=O) groups excluding carboxylic acids is 1. The average Bonchev–Trinajstić information content (AvgIpc) is 2.62. The smallest absolute Gasteiger partial charge is 0.254 e. The first-order valence-electron chi connectivity index (χ1n) is 8.99. The van der Waals surface area contributed by atoms with Gasteiger partial charge in [0, 0.05) is 37.3 Å². The number of likely N-dealkylation sites (tertiary alicyclic amines) is 1. The summed E-state index contributed by atoms with van der Waals surface area (Å²) >= 11 is 0. The van der Waals surface area contributed by atoms with Crippen molar-refractivity contribution in [3.8, 4) is 0 Å². The van der Waals surface area contributed by atoms with Crippen LogP contribution in [0.5, 0.6) is 0 Å². The molecule has 1 aromatic carbocycles. The van der Waals surface area contributed by atoms with E-state index in [0.717, 1.165) is 19.3 Å². The summed E-state index contributed by atoms with van der Waals surface area (Å²) < 4.78 is 26.8. The largest absolute Gasteiger partial charge is 0.334 e. The Kier molecular flexibility index (Phi) is 6.59. The second-order valence-corrected chi connectivity index (χ2v) is 8.48. The van der Waals surface area contributed by atoms with Gasteiger partial charge in [-0.3, -0.25) is 4.79 Å². The van der Waals surface area contributed by atoms with Gasteiger partial charge in [0.25, 0.3) is 5.91 Å². The first-order valence-corrected chi connectivity index (χ1v) is 10.4. The Morgan fingerprint density at radius 2 is 2.00 bits per heavy atom. The zero-order valence-corrected chi connectivity index (χ0v) is 16.1. The van der Waals surface area contributed by atoms with Crippen molar-refractivity contribution in [2.24, 2.45) is 5.73 Å². The summed E-state index contributed by atoms with van der Waals surface area (Å²) in [5.74, 6) is -0.140. The van der Waals surface area contributed by atoms with E-state index in [1.165, 1.54) is 10.4 Å². The summed E-state index contributed by atoms with van der Waals surface area (Å²) in [6, 6.07) is 6.24. The summed E-state index contributed by atoms with van der Waals surface area (Å²) in [6.45, 7) is 6.98. The molecule has 1 aliphatic heterocycles. The van der Waals surface area contributed by atoms with Crippen molar-refractivity contribution in [2.75, 3.05) is 19.6 Å². The first-order chi connectivity index (χ1) is 11.8. The van der Waals surface area contributed by atoms with Gasteiger partial charge in [-0.2, -0.15) is 4.31 Å². The maximum absolute atomic E-state index is 13.0. The number of nitrogens with two attached hydrogens (primary N) is 1. The zero-order chi connectivity index (χ0) is 18.6. The second-order valence-electron chi connectivity index (χ2n) is 6.54. The number of nitrogens with zero attached hydrogens (tertiary/aromatic N) is 2. The molecule has 1 amide bonds. The molecule has 2 rings (SSSR count). The number of hydrogen-bond acceptors (Lipinski definition) is 4. The lowest BCUT2D eigenvalue weighted by Gasteiger charge is -2.38. The van der Waals surface area contributed by atoms with Crippen LogP contribution in [-0.4, -0.2) is 55.2 Å². The summed E-state index contributed by atoms with van der Waals surface area (Å²) in [5, 5.41) is 0. The minimum absolute atomic E-state index is 0.00398. The molecule has 2 unspecified atom stereocenters. The number of carbonyl (C=O) groups is 1. The molecule has 0 spiro atoms. The molecule has 1 aliphatic rings. The molecule has 2 N–H and O–H groups in total. The Morgan fingerprint density at radius 1 is 1.32 bits per heavy atom. The molecule has 0 aromatic heterocycles. The molecule has 0 radical (unpaired) electrons. The summed E-state index contributed by atoms with van der Waals surface area (Å²) in [6.07, 6.45) is 2.90. The Morgan fingerprint density at radius 3 is 2.60 bits per heavy atom. The van der Waals surface area contributed by atoms with Crippen LogP contribution in [-0.2, 0) is 10.0 Å². The quantitative estimate of drug-likeness (QED) is 0.834. The molecular formula is C18H29N3O3S. The van der Waals surface area contributed by atoms with Gasteiger partial charge in [0.1, 0.15) is 0 Å². The van der Waals surface area contributed by atoms with Gasteiger partial charge < -0.3 is 10.6 Å². The number of hydrogen-bond donors (Lipinski definition) is 1. The highest BCUT2D eigenvalue weighted by molar-refractivity contribution is 7.89. The molecule has 0 bridgehead atoms. The summed E-state index contributed by atoms with van der Waals surface area (Å²) in [4.78, 5) is 14.9. The summed E-state index contributed by atoms with van der Waals surface area (Å²) in [7, 11) is -3.58. The minimum atomic E-state index is -3.58. The second kappa shape index (κ2) is 8.29. The van der Waals surface area contributed by atoms with E-state index in [1.807, 2.05) is 6.92 Å². The van der Waals surface area contributed by atoms with Crippen molar-refractivity contribution >= 4 is 15.9 Å². The molecule has 1 fully saturated rings. The van der Waals surface area contributed by atoms with E-state index < -0.39 is 10.0 Å². The highest BCUT2D eigenvalue weighted by atomic mass is 32.2. The van der Waals surface area contributed by atoms with Gasteiger partial charge in [-0.05, 0) is 44.4 Å². The van der Waals surface area contributed by atoms with Gasteiger partial charge in [-0.1, -0.05) is 19.9 Å². The van der Waals surface area contributed by atoms with Gasteiger partial charge in [0.05, 0.1) is 4.90 Å². The van der Waals surface area contributed by atoms with Crippen LogP contribution in [0.25, 0.3) is 0 Å². The third kappa shape index (κ3) is 4.22. The van der Waals surface area contributed by atoms with Gasteiger partial charge in [-0.25, -0.2) is 8.42 Å². The molecule has 1 saturated heterocycles. The highest BCUT2D eigenvalue weighted by Crippen LogP contribution is 2.23. The Bertz CT molecular complexity index is 699. The maximum Gasteiger partial charge on any atom is 0.254 e. The van der Waals surface area contributed by atoms with Gasteiger partial charge in [0.15, 0.2) is 0 Å². The topological polar surface area (TPSA) is 83.7 Å². The number of amides is 1. The number of benzene rings is 1. The van der Waals surface area contributed by atoms with Crippen LogP contribution >= 0.6 is 0 Å². The lowest BCUT2D eigenvalue weighted by atomic mass is 9.96. The van der Waals surface area contributed by atoms with Crippen LogP contribution < -0.4 is 5.73 Å². The van der Waals surface area contributed by atoms with Gasteiger partial charge in [-0.15, -0.1) is 0 Å². The van der Waals surface area contributed by atoms with E-state index in [2.05, 4.69) is 0 Å². The van der Waals surface area contributed by atoms with Crippen LogP contribution in [0.1, 0.15) is 50.4 Å². The van der Waals surface area contributed by atoms with E-state index in [0.29, 0.717) is 25.2 Å². The van der Waals surface area contributed by atoms with Crippen molar-refractivity contribution in [1.29, 1.82) is 0 Å². The highest BCUT2D eigenvalue weighted by Gasteiger charge is 2.30. The van der Waals surface area contributed by atoms with Crippen molar-refractivity contribution in [1.82, 2.24) is 9.21 Å². The van der Waals surface area contributed by atoms with E-state index in [9.17, 15) is 13.2 Å². The lowest BCUT2D eigenvalue weighted by molar-refractivity contribution is 0.0583. The normalized spacial score (nSPS) is 19.9. The van der Waals surface area contributed by atoms with Crippen LogP contribution in [0, 0.1) is 0 Å². The standard InChI is InChI=1S/C18H29N3O3S/c1-4-20(5-2)25(23,24)16-10-8-9-15(13-16)18(22)21-12-7-6-11-17(21)14(3)19/h8-10,13-14,17H,4-7,11-12,19H2,1-3H3. The molecule has 0 saturated carbocycles. The fourth-order valence-corrected chi connectivity index (χ4v) is 4.93. The fourth-order valence-electron chi connectivity index (χ4n) is 3.42. The van der Waals surface area contributed by atoms with Crippen LogP contribution in [0.4, 0.5) is 0 Å². The molecule has 1 aromatic rings. The lowest BCUT2D eigenvalue weighted by Crippen LogP contribution is -2.51. The van der Waals surface area contributed by atoms with Crippen LogP contribution in [0.15, 0.2) is 29.2 Å². The predicted molar refractivity (Wildman–Crippen MR) is 98.9 cm³/mol. The monoisotopic (exact) mass is 367 g/mol. The van der Waals surface area contributed by atoms with E-state index in [4.69, 9.17) is 5.73 Å². The van der Waals surface area contributed by atoms with E-state index >= 15 is 0 Å². The number of sulfonamides is 1. The molecule has 7 heteroatoms. The molecule has 25 heavy (non-hydrogen) atoms. The first kappa shape index (κ1) is 19.9. The van der Waals surface area contributed by atoms with Gasteiger partial charge in [0.2, 0.25) is 10.0 Å². The third-order valence-corrected chi connectivity index (χ3v) is 6.89. The van der Waals surface area contributed by atoms with Gasteiger partial charge >= 0.3 is 0 Å². The number of rotatable bonds is 6. The Hall–Kier alpha value is -1.44. The van der Waals surface area contributed by atoms with Crippen molar-refractivity contribution in [2.45, 2.75) is 57.0 Å². The van der Waals surface area contributed by atoms with E-state index in [1.54, 1.807) is 36.9 Å². The third-order valence-electron chi connectivity index (χ3n) is 4.84. The molecule has 1 heterocycles. The van der Waals surface area contributed by atoms with Crippen molar-refractivity contribution in [3.05, 3.63) is 29.8 Å². The summed E-state index contributed by atoms with van der Waals surface area (Å²) in [5.41, 5.74) is 6.46. The molecule has 140 valence electrons. The predicted octanol–water partition coefficient (Wildman–Crippen LogP) is 2.06. The van der Waals surface area contributed by atoms with Crippen molar-refractivity contribution < 1.29 is 13.2 Å². The minimum Gasteiger partial charge on any atom is -0.334 e. The number of piperidine rings is 1. The maximum atomic E-state index is 13.0. The molecule has 6 nitrogen and oxygen atoms in total. The Balaban J connectivity index is 2.33. The van der Waals surface area contributed by atoms with Crippen molar-refractivity contribution in [3.63, 3.8) is 0 Å². The zero-order valence-electron chi connectivity index (χ0n) is 15.3. The molecular weight excluding hydrogens is 338 g/mol. The molecule has 0 aliphatic carbocycles.